The number of halogens is 1. The molecule has 21 heavy (non-hydrogen) atoms. The number of aromatic nitrogens is 2. The minimum Gasteiger partial charge on any atom is -0.483 e. The molecule has 0 aliphatic heterocycles. The zero-order valence-corrected chi connectivity index (χ0v) is 13.7. The van der Waals surface area contributed by atoms with Gasteiger partial charge in [0.2, 0.25) is 0 Å². The summed E-state index contributed by atoms with van der Waals surface area (Å²) in [5, 5.41) is 7.15. The molecule has 0 radical (unpaired) electrons. The van der Waals surface area contributed by atoms with Gasteiger partial charge in [-0.15, -0.1) is 0 Å². The maximum atomic E-state index is 5.92. The average Bonchev–Trinajstić information content (AvgIpc) is 3.18. The van der Waals surface area contributed by atoms with Gasteiger partial charge in [0.25, 0.3) is 5.89 Å². The van der Waals surface area contributed by atoms with Crippen molar-refractivity contribution in [3.8, 4) is 5.75 Å². The number of nitrogens with zero attached hydrogens (tertiary/aromatic N) is 2. The lowest BCUT2D eigenvalue weighted by Gasteiger charge is -2.13. The molecule has 2 aromatic rings. The third-order valence-electron chi connectivity index (χ3n) is 3.45. The second kappa shape index (κ2) is 6.15. The van der Waals surface area contributed by atoms with Crippen LogP contribution in [0.5, 0.6) is 5.75 Å². The van der Waals surface area contributed by atoms with Gasteiger partial charge in [0.1, 0.15) is 5.75 Å². The van der Waals surface area contributed by atoms with Crippen molar-refractivity contribution in [2.45, 2.75) is 38.8 Å². The fourth-order valence-corrected chi connectivity index (χ4v) is 2.92. The summed E-state index contributed by atoms with van der Waals surface area (Å²) in [7, 11) is 1.92. The summed E-state index contributed by atoms with van der Waals surface area (Å²) in [6, 6.07) is 4.10. The molecule has 0 bridgehead atoms. The van der Waals surface area contributed by atoms with Crippen LogP contribution in [0, 0.1) is 6.92 Å². The van der Waals surface area contributed by atoms with Gasteiger partial charge in [-0.25, -0.2) is 0 Å². The van der Waals surface area contributed by atoms with E-state index in [0.717, 1.165) is 46.6 Å². The summed E-state index contributed by atoms with van der Waals surface area (Å²) in [6.07, 6.45) is 2.33. The maximum absolute atomic E-state index is 5.92. The van der Waals surface area contributed by atoms with Crippen molar-refractivity contribution in [3.05, 3.63) is 39.4 Å². The van der Waals surface area contributed by atoms with E-state index >= 15 is 0 Å². The number of benzene rings is 1. The van der Waals surface area contributed by atoms with Gasteiger partial charge in [-0.3, -0.25) is 0 Å². The summed E-state index contributed by atoms with van der Waals surface area (Å²) < 4.78 is 12.2. The Kier molecular flexibility index (Phi) is 4.26. The minimum atomic E-state index is 0.304. The van der Waals surface area contributed by atoms with Gasteiger partial charge in [-0.2, -0.15) is 4.98 Å². The van der Waals surface area contributed by atoms with E-state index in [4.69, 9.17) is 9.26 Å². The first-order valence-corrected chi connectivity index (χ1v) is 7.85. The molecular formula is C15H18BrN3O2. The zero-order valence-electron chi connectivity index (χ0n) is 12.1. The first kappa shape index (κ1) is 14.5. The lowest BCUT2D eigenvalue weighted by molar-refractivity contribution is 0.239. The van der Waals surface area contributed by atoms with E-state index < -0.39 is 0 Å². The largest absolute Gasteiger partial charge is 0.483 e. The van der Waals surface area contributed by atoms with Gasteiger partial charge in [-0.1, -0.05) is 21.1 Å². The molecule has 3 rings (SSSR count). The number of hydrogen-bond acceptors (Lipinski definition) is 5. The van der Waals surface area contributed by atoms with E-state index in [-0.39, 0.29) is 0 Å². The van der Waals surface area contributed by atoms with Crippen molar-refractivity contribution in [1.29, 1.82) is 0 Å². The molecule has 112 valence electrons. The summed E-state index contributed by atoms with van der Waals surface area (Å²) in [5.41, 5.74) is 2.18. The number of rotatable bonds is 6. The smallest absolute Gasteiger partial charge is 0.264 e. The molecular weight excluding hydrogens is 334 g/mol. The summed E-state index contributed by atoms with van der Waals surface area (Å²) in [5.74, 6) is 2.72. The van der Waals surface area contributed by atoms with E-state index in [1.54, 1.807) is 0 Å². The second-order valence-corrected chi connectivity index (χ2v) is 6.27. The van der Waals surface area contributed by atoms with Gasteiger partial charge in [0.15, 0.2) is 12.4 Å². The molecule has 0 amide bonds. The highest BCUT2D eigenvalue weighted by Gasteiger charge is 2.28. The zero-order chi connectivity index (χ0) is 14.8. The third kappa shape index (κ3) is 3.44. The van der Waals surface area contributed by atoms with Crippen LogP contribution in [-0.2, 0) is 13.2 Å². The molecule has 1 aromatic heterocycles. The van der Waals surface area contributed by atoms with Gasteiger partial charge in [-0.05, 0) is 44.5 Å². The van der Waals surface area contributed by atoms with E-state index in [0.29, 0.717) is 18.4 Å². The van der Waals surface area contributed by atoms with Crippen molar-refractivity contribution < 1.29 is 9.26 Å². The van der Waals surface area contributed by atoms with Crippen LogP contribution in [0.4, 0.5) is 0 Å². The average molecular weight is 352 g/mol. The molecule has 1 N–H and O–H groups in total. The molecule has 1 saturated carbocycles. The number of ether oxygens (including phenoxy) is 1. The predicted octanol–water partition coefficient (Wildman–Crippen LogP) is 3.32. The summed E-state index contributed by atoms with van der Waals surface area (Å²) >= 11 is 3.52. The molecule has 0 spiro atoms. The number of nitrogens with one attached hydrogen (secondary N) is 1. The Morgan fingerprint density at radius 1 is 1.43 bits per heavy atom. The van der Waals surface area contributed by atoms with Gasteiger partial charge in [0.05, 0.1) is 0 Å². The molecule has 1 fully saturated rings. The van der Waals surface area contributed by atoms with Gasteiger partial charge >= 0.3 is 0 Å². The number of aryl methyl sites for hydroxylation is 1. The van der Waals surface area contributed by atoms with Crippen molar-refractivity contribution >= 4 is 15.9 Å². The van der Waals surface area contributed by atoms with E-state index in [1.165, 1.54) is 0 Å². The Morgan fingerprint density at radius 2 is 2.24 bits per heavy atom. The molecule has 1 aliphatic rings. The Hall–Kier alpha value is -1.40. The van der Waals surface area contributed by atoms with Gasteiger partial charge in [0, 0.05) is 22.5 Å². The SMILES string of the molecule is CNCc1cc(Br)cc(C)c1OCc1nc(C2CC2)no1. The maximum Gasteiger partial charge on any atom is 0.264 e. The molecule has 6 heteroatoms. The third-order valence-corrected chi connectivity index (χ3v) is 3.91. The predicted molar refractivity (Wildman–Crippen MR) is 82.2 cm³/mol. The molecule has 0 atom stereocenters. The Balaban J connectivity index is 1.73. The van der Waals surface area contributed by atoms with Crippen molar-refractivity contribution in [1.82, 2.24) is 15.5 Å². The fourth-order valence-electron chi connectivity index (χ4n) is 2.30. The molecule has 1 heterocycles. The van der Waals surface area contributed by atoms with E-state index in [2.05, 4.69) is 37.5 Å². The normalized spacial score (nSPS) is 14.4. The van der Waals surface area contributed by atoms with E-state index in [1.807, 2.05) is 20.0 Å². The first-order valence-electron chi connectivity index (χ1n) is 7.06. The summed E-state index contributed by atoms with van der Waals surface area (Å²) in [6.45, 7) is 3.08. The quantitative estimate of drug-likeness (QED) is 0.864. The van der Waals surface area contributed by atoms with Crippen LogP contribution in [0.2, 0.25) is 0 Å². The Bertz CT molecular complexity index is 638. The summed E-state index contributed by atoms with van der Waals surface area (Å²) in [4.78, 5) is 4.38. The molecule has 1 aliphatic carbocycles. The second-order valence-electron chi connectivity index (χ2n) is 5.35. The van der Waals surface area contributed by atoms with Crippen LogP contribution in [-0.4, -0.2) is 17.2 Å². The highest BCUT2D eigenvalue weighted by molar-refractivity contribution is 9.10. The monoisotopic (exact) mass is 351 g/mol. The van der Waals surface area contributed by atoms with Crippen LogP contribution in [0.15, 0.2) is 21.1 Å². The van der Waals surface area contributed by atoms with Crippen LogP contribution in [0.3, 0.4) is 0 Å². The first-order chi connectivity index (χ1) is 10.2. The van der Waals surface area contributed by atoms with Crippen molar-refractivity contribution in [3.63, 3.8) is 0 Å². The van der Waals surface area contributed by atoms with E-state index in [9.17, 15) is 0 Å². The van der Waals surface area contributed by atoms with Crippen LogP contribution in [0.1, 0.15) is 41.6 Å². The molecule has 1 aromatic carbocycles. The minimum absolute atomic E-state index is 0.304. The van der Waals surface area contributed by atoms with Crippen molar-refractivity contribution in [2.24, 2.45) is 0 Å². The van der Waals surface area contributed by atoms with Crippen LogP contribution in [0.25, 0.3) is 0 Å². The lowest BCUT2D eigenvalue weighted by Crippen LogP contribution is -2.09. The highest BCUT2D eigenvalue weighted by atomic mass is 79.9. The number of hydrogen-bond donors (Lipinski definition) is 1. The topological polar surface area (TPSA) is 60.2 Å². The van der Waals surface area contributed by atoms with Gasteiger partial charge < -0.3 is 14.6 Å². The Morgan fingerprint density at radius 3 is 2.95 bits per heavy atom. The molecule has 5 nitrogen and oxygen atoms in total. The van der Waals surface area contributed by atoms with Crippen LogP contribution < -0.4 is 10.1 Å². The standard InChI is InChI=1S/C15H18BrN3O2/c1-9-5-12(16)6-11(7-17-2)14(9)20-8-13-18-15(19-21-13)10-3-4-10/h5-6,10,17H,3-4,7-8H2,1-2H3. The fraction of sp³-hybridized carbons (Fsp3) is 0.467. The van der Waals surface area contributed by atoms with Crippen molar-refractivity contribution in [2.75, 3.05) is 7.05 Å². The highest BCUT2D eigenvalue weighted by Crippen LogP contribution is 2.38. The molecule has 0 saturated heterocycles. The van der Waals surface area contributed by atoms with Crippen LogP contribution >= 0.6 is 15.9 Å². The Labute approximate surface area is 132 Å². The lowest BCUT2D eigenvalue weighted by atomic mass is 10.1. The molecule has 0 unspecified atom stereocenters.